The van der Waals surface area contributed by atoms with Crippen LogP contribution in [0.5, 0.6) is 0 Å². The van der Waals surface area contributed by atoms with Gasteiger partial charge in [0.15, 0.2) is 0 Å². The third-order valence-corrected chi connectivity index (χ3v) is 3.55. The van der Waals surface area contributed by atoms with E-state index >= 15 is 0 Å². The molecule has 1 amide bonds. The fourth-order valence-corrected chi connectivity index (χ4v) is 2.25. The van der Waals surface area contributed by atoms with Crippen LogP contribution in [0, 0.1) is 13.8 Å². The summed E-state index contributed by atoms with van der Waals surface area (Å²) in [6.07, 6.45) is 0.823. The Hall–Kier alpha value is -2.36. The topological polar surface area (TPSA) is 46.4 Å². The maximum absolute atomic E-state index is 12.3. The Balaban J connectivity index is 2.34. The number of carbonyl (C=O) groups excluding carboxylic acids is 1. The number of amides is 1. The van der Waals surface area contributed by atoms with Crippen molar-refractivity contribution in [3.8, 4) is 5.69 Å². The number of hydrazone groups is 1. The zero-order valence-electron chi connectivity index (χ0n) is 13.0. The van der Waals surface area contributed by atoms with Crippen LogP contribution >= 0.6 is 0 Å². The molecule has 0 aliphatic rings. The van der Waals surface area contributed by atoms with Crippen molar-refractivity contribution in [2.75, 3.05) is 0 Å². The molecule has 0 saturated heterocycles. The number of hydrogen-bond donors (Lipinski definition) is 1. The van der Waals surface area contributed by atoms with Crippen molar-refractivity contribution in [3.05, 3.63) is 53.3 Å². The van der Waals surface area contributed by atoms with Crippen LogP contribution in [0.15, 0.2) is 41.5 Å². The first-order chi connectivity index (χ1) is 10.0. The van der Waals surface area contributed by atoms with Crippen molar-refractivity contribution in [3.63, 3.8) is 0 Å². The van der Waals surface area contributed by atoms with Crippen LogP contribution in [0.4, 0.5) is 0 Å². The molecule has 0 saturated carbocycles. The standard InChI is InChI=1S/C17H21N3O/c1-5-12(2)18-19-17(21)16-11-13(3)20(14(16)4)15-9-7-6-8-10-15/h6-11H,5H2,1-4H3,(H,19,21)/b18-12-. The van der Waals surface area contributed by atoms with E-state index in [1.807, 2.05) is 64.1 Å². The molecular formula is C17H21N3O. The average Bonchev–Trinajstić information content (AvgIpc) is 2.80. The van der Waals surface area contributed by atoms with Crippen molar-refractivity contribution in [2.45, 2.75) is 34.1 Å². The average molecular weight is 283 g/mol. The second-order valence-corrected chi connectivity index (χ2v) is 5.10. The Bertz CT molecular complexity index is 669. The molecule has 4 nitrogen and oxygen atoms in total. The van der Waals surface area contributed by atoms with Gasteiger partial charge in [0.25, 0.3) is 5.91 Å². The molecule has 1 aromatic heterocycles. The second kappa shape index (κ2) is 6.39. The highest BCUT2D eigenvalue weighted by molar-refractivity contribution is 5.96. The van der Waals surface area contributed by atoms with E-state index in [4.69, 9.17) is 0 Å². The van der Waals surface area contributed by atoms with Crippen LogP contribution in [-0.2, 0) is 0 Å². The molecule has 1 aromatic carbocycles. The second-order valence-electron chi connectivity index (χ2n) is 5.10. The van der Waals surface area contributed by atoms with Gasteiger partial charge in [-0.05, 0) is 45.4 Å². The molecule has 1 heterocycles. The number of nitrogens with one attached hydrogen (secondary N) is 1. The van der Waals surface area contributed by atoms with Crippen LogP contribution < -0.4 is 5.43 Å². The number of nitrogens with zero attached hydrogens (tertiary/aromatic N) is 2. The quantitative estimate of drug-likeness (QED) is 0.676. The lowest BCUT2D eigenvalue weighted by atomic mass is 10.2. The molecule has 0 bridgehead atoms. The number of aromatic nitrogens is 1. The number of hydrogen-bond acceptors (Lipinski definition) is 2. The molecule has 2 rings (SSSR count). The predicted octanol–water partition coefficient (Wildman–Crippen LogP) is 3.61. The smallest absolute Gasteiger partial charge is 0.273 e. The lowest BCUT2D eigenvalue weighted by molar-refractivity contribution is 0.0954. The number of benzene rings is 1. The minimum atomic E-state index is -0.168. The fraction of sp³-hybridized carbons (Fsp3) is 0.294. The van der Waals surface area contributed by atoms with E-state index in [1.165, 1.54) is 0 Å². The third kappa shape index (κ3) is 3.21. The summed E-state index contributed by atoms with van der Waals surface area (Å²) in [5.74, 6) is -0.168. The minimum absolute atomic E-state index is 0.168. The highest BCUT2D eigenvalue weighted by Gasteiger charge is 2.16. The minimum Gasteiger partial charge on any atom is -0.318 e. The molecule has 2 aromatic rings. The fourth-order valence-electron chi connectivity index (χ4n) is 2.25. The number of rotatable bonds is 4. The van der Waals surface area contributed by atoms with Crippen LogP contribution in [-0.4, -0.2) is 16.2 Å². The summed E-state index contributed by atoms with van der Waals surface area (Å²) < 4.78 is 2.07. The van der Waals surface area contributed by atoms with Gasteiger partial charge in [0.05, 0.1) is 5.56 Å². The molecule has 4 heteroatoms. The first kappa shape index (κ1) is 15.0. The number of para-hydroxylation sites is 1. The highest BCUT2D eigenvalue weighted by Crippen LogP contribution is 2.20. The first-order valence-corrected chi connectivity index (χ1v) is 7.12. The maximum atomic E-state index is 12.3. The zero-order valence-corrected chi connectivity index (χ0v) is 13.0. The first-order valence-electron chi connectivity index (χ1n) is 7.12. The molecule has 0 aliphatic carbocycles. The van der Waals surface area contributed by atoms with Gasteiger partial charge in [-0.15, -0.1) is 0 Å². The lowest BCUT2D eigenvalue weighted by Gasteiger charge is -2.09. The van der Waals surface area contributed by atoms with Gasteiger partial charge < -0.3 is 4.57 Å². The summed E-state index contributed by atoms with van der Waals surface area (Å²) in [6.45, 7) is 7.85. The van der Waals surface area contributed by atoms with Crippen molar-refractivity contribution in [1.29, 1.82) is 0 Å². The van der Waals surface area contributed by atoms with E-state index in [-0.39, 0.29) is 5.91 Å². The number of aryl methyl sites for hydroxylation is 1. The van der Waals surface area contributed by atoms with Crippen molar-refractivity contribution >= 4 is 11.6 Å². The van der Waals surface area contributed by atoms with E-state index in [0.29, 0.717) is 5.56 Å². The van der Waals surface area contributed by atoms with Gasteiger partial charge in [0, 0.05) is 22.8 Å². The van der Waals surface area contributed by atoms with Gasteiger partial charge in [-0.25, -0.2) is 5.43 Å². The van der Waals surface area contributed by atoms with E-state index < -0.39 is 0 Å². The maximum Gasteiger partial charge on any atom is 0.273 e. The molecule has 110 valence electrons. The normalized spacial score (nSPS) is 11.5. The van der Waals surface area contributed by atoms with E-state index in [2.05, 4.69) is 15.1 Å². The largest absolute Gasteiger partial charge is 0.318 e. The predicted molar refractivity (Wildman–Crippen MR) is 86.1 cm³/mol. The van der Waals surface area contributed by atoms with Crippen molar-refractivity contribution in [2.24, 2.45) is 5.10 Å². The van der Waals surface area contributed by atoms with Gasteiger partial charge >= 0.3 is 0 Å². The lowest BCUT2D eigenvalue weighted by Crippen LogP contribution is -2.19. The van der Waals surface area contributed by atoms with Crippen LogP contribution in [0.1, 0.15) is 42.0 Å². The SMILES string of the molecule is CC/C(C)=N\NC(=O)c1cc(C)n(-c2ccccc2)c1C. The number of carbonyl (C=O) groups is 1. The van der Waals surface area contributed by atoms with Crippen LogP contribution in [0.2, 0.25) is 0 Å². The van der Waals surface area contributed by atoms with E-state index in [0.717, 1.165) is 29.2 Å². The summed E-state index contributed by atoms with van der Waals surface area (Å²) in [7, 11) is 0. The van der Waals surface area contributed by atoms with Gasteiger partial charge in [-0.3, -0.25) is 4.79 Å². The van der Waals surface area contributed by atoms with Crippen LogP contribution in [0.3, 0.4) is 0 Å². The molecule has 0 unspecified atom stereocenters. The van der Waals surface area contributed by atoms with Gasteiger partial charge in [-0.1, -0.05) is 25.1 Å². The summed E-state index contributed by atoms with van der Waals surface area (Å²) in [4.78, 5) is 12.3. The zero-order chi connectivity index (χ0) is 15.4. The summed E-state index contributed by atoms with van der Waals surface area (Å²) in [6, 6.07) is 11.9. The molecular weight excluding hydrogens is 262 g/mol. The highest BCUT2D eigenvalue weighted by atomic mass is 16.2. The monoisotopic (exact) mass is 283 g/mol. The summed E-state index contributed by atoms with van der Waals surface area (Å²) >= 11 is 0. The molecule has 0 radical (unpaired) electrons. The van der Waals surface area contributed by atoms with Crippen LogP contribution in [0.25, 0.3) is 5.69 Å². The Morgan fingerprint density at radius 1 is 1.24 bits per heavy atom. The van der Waals surface area contributed by atoms with E-state index in [9.17, 15) is 4.79 Å². The molecule has 0 fully saturated rings. The Kier molecular flexibility index (Phi) is 4.58. The van der Waals surface area contributed by atoms with Gasteiger partial charge in [-0.2, -0.15) is 5.10 Å². The Morgan fingerprint density at radius 2 is 1.90 bits per heavy atom. The molecule has 21 heavy (non-hydrogen) atoms. The van der Waals surface area contributed by atoms with Crippen molar-refractivity contribution < 1.29 is 4.79 Å². The third-order valence-electron chi connectivity index (χ3n) is 3.55. The van der Waals surface area contributed by atoms with Gasteiger partial charge in [0.1, 0.15) is 0 Å². The summed E-state index contributed by atoms with van der Waals surface area (Å²) in [5.41, 5.74) is 7.18. The van der Waals surface area contributed by atoms with E-state index in [1.54, 1.807) is 0 Å². The molecule has 0 aliphatic heterocycles. The summed E-state index contributed by atoms with van der Waals surface area (Å²) in [5, 5.41) is 4.08. The van der Waals surface area contributed by atoms with Crippen molar-refractivity contribution in [1.82, 2.24) is 9.99 Å². The molecule has 0 atom stereocenters. The Labute approximate surface area is 125 Å². The molecule has 1 N–H and O–H groups in total. The molecule has 0 spiro atoms. The Morgan fingerprint density at radius 3 is 2.52 bits per heavy atom. The van der Waals surface area contributed by atoms with Gasteiger partial charge in [0.2, 0.25) is 0 Å².